The van der Waals surface area contributed by atoms with Gasteiger partial charge in [0.2, 0.25) is 0 Å². The molecule has 0 bridgehead atoms. The lowest BCUT2D eigenvalue weighted by molar-refractivity contribution is 0.678. The molecule has 1 nitrogen and oxygen atoms in total. The number of thiocarbonyl (C=S) groups is 1. The Kier molecular flexibility index (Phi) is 4.61. The van der Waals surface area contributed by atoms with Gasteiger partial charge in [-0.1, -0.05) is 47.0 Å². The summed E-state index contributed by atoms with van der Waals surface area (Å²) in [5, 5.41) is 0.246. The van der Waals surface area contributed by atoms with Crippen molar-refractivity contribution in [1.82, 2.24) is 4.90 Å². The van der Waals surface area contributed by atoms with Crippen LogP contribution in [-0.4, -0.2) is 16.9 Å². The number of rotatable bonds is 1. The van der Waals surface area contributed by atoms with Crippen molar-refractivity contribution < 1.29 is 0 Å². The van der Waals surface area contributed by atoms with Gasteiger partial charge in [0.15, 0.2) is 0 Å². The molecule has 0 fully saturated rings. The van der Waals surface area contributed by atoms with Gasteiger partial charge in [-0.3, -0.25) is 0 Å². The van der Waals surface area contributed by atoms with E-state index in [4.69, 9.17) is 47.0 Å². The van der Waals surface area contributed by atoms with Gasteiger partial charge < -0.3 is 4.90 Å². The molecule has 0 aliphatic carbocycles. The summed E-state index contributed by atoms with van der Waals surface area (Å²) in [6.07, 6.45) is 0. The van der Waals surface area contributed by atoms with E-state index in [1.165, 1.54) is 4.90 Å². The van der Waals surface area contributed by atoms with Gasteiger partial charge in [-0.15, -0.1) is 0 Å². The molecule has 0 aliphatic heterocycles. The quantitative estimate of drug-likeness (QED) is 0.491. The van der Waals surface area contributed by atoms with Crippen LogP contribution in [0.4, 0.5) is 0 Å². The molecule has 0 saturated carbocycles. The van der Waals surface area contributed by atoms with E-state index in [1.807, 2.05) is 0 Å². The molecular formula is C5H6Cl3NS. The summed E-state index contributed by atoms with van der Waals surface area (Å²) < 4.78 is 0.0216. The minimum absolute atomic E-state index is 0.0216. The van der Waals surface area contributed by atoms with Gasteiger partial charge in [-0.25, -0.2) is 0 Å². The van der Waals surface area contributed by atoms with Crippen molar-refractivity contribution >= 4 is 52.0 Å². The van der Waals surface area contributed by atoms with E-state index in [1.54, 1.807) is 14.0 Å². The van der Waals surface area contributed by atoms with Crippen molar-refractivity contribution in [2.45, 2.75) is 6.92 Å². The lowest BCUT2D eigenvalue weighted by atomic mass is 10.6. The van der Waals surface area contributed by atoms with E-state index >= 15 is 0 Å². The van der Waals surface area contributed by atoms with Crippen molar-refractivity contribution in [3.8, 4) is 0 Å². The number of nitrogens with zero attached hydrogens (tertiary/aromatic N) is 1. The van der Waals surface area contributed by atoms with Crippen LogP contribution in [0.1, 0.15) is 6.92 Å². The maximum absolute atomic E-state index is 5.62. The molecule has 0 atom stereocenters. The molecule has 10 heavy (non-hydrogen) atoms. The Bertz CT molecular complexity index is 174. The highest BCUT2D eigenvalue weighted by Gasteiger charge is 2.06. The summed E-state index contributed by atoms with van der Waals surface area (Å²) in [4.78, 5) is 2.13. The van der Waals surface area contributed by atoms with Crippen LogP contribution >= 0.6 is 47.0 Å². The van der Waals surface area contributed by atoms with E-state index in [2.05, 4.69) is 0 Å². The average molecular weight is 219 g/mol. The number of hydrogen-bond donors (Lipinski definition) is 0. The summed E-state index contributed by atoms with van der Waals surface area (Å²) in [5.74, 6) is 0. The van der Waals surface area contributed by atoms with E-state index in [0.717, 1.165) is 0 Å². The van der Waals surface area contributed by atoms with Gasteiger partial charge in [-0.05, 0) is 6.92 Å². The zero-order valence-electron chi connectivity index (χ0n) is 5.49. The standard InChI is InChI=1S/C5H6Cl3NS/c1-3(10)9(2)5(8)4(6)7/h1-2H3. The SMILES string of the molecule is CC(=S)N(C)C(Cl)=C(Cl)Cl. The molecule has 0 radical (unpaired) electrons. The van der Waals surface area contributed by atoms with E-state index in [0.29, 0.717) is 4.99 Å². The van der Waals surface area contributed by atoms with Crippen LogP contribution in [0.3, 0.4) is 0 Å². The summed E-state index contributed by atoms with van der Waals surface area (Å²) >= 11 is 21.2. The van der Waals surface area contributed by atoms with Gasteiger partial charge in [0.25, 0.3) is 0 Å². The second kappa shape index (κ2) is 4.39. The molecule has 0 N–H and O–H groups in total. The lowest BCUT2D eigenvalue weighted by Crippen LogP contribution is -2.18. The highest BCUT2D eigenvalue weighted by Crippen LogP contribution is 2.20. The maximum atomic E-state index is 5.62. The first-order valence-electron chi connectivity index (χ1n) is 2.42. The lowest BCUT2D eigenvalue weighted by Gasteiger charge is -2.15. The molecule has 0 amide bonds. The number of hydrogen-bond acceptors (Lipinski definition) is 1. The Labute approximate surface area is 80.5 Å². The zero-order valence-corrected chi connectivity index (χ0v) is 8.57. The molecule has 58 valence electrons. The van der Waals surface area contributed by atoms with Crippen LogP contribution in [0, 0.1) is 0 Å². The van der Waals surface area contributed by atoms with E-state index in [-0.39, 0.29) is 9.65 Å². The Morgan fingerprint density at radius 1 is 1.30 bits per heavy atom. The van der Waals surface area contributed by atoms with Crippen molar-refractivity contribution in [2.75, 3.05) is 7.05 Å². The van der Waals surface area contributed by atoms with Gasteiger partial charge in [0.1, 0.15) is 9.65 Å². The van der Waals surface area contributed by atoms with E-state index < -0.39 is 0 Å². The monoisotopic (exact) mass is 217 g/mol. The molecule has 0 aromatic heterocycles. The predicted octanol–water partition coefficient (Wildman–Crippen LogP) is 3.11. The molecule has 0 aromatic carbocycles. The van der Waals surface area contributed by atoms with Crippen LogP contribution in [0.15, 0.2) is 9.65 Å². The van der Waals surface area contributed by atoms with Crippen molar-refractivity contribution in [3.05, 3.63) is 9.65 Å². The third-order valence-corrected chi connectivity index (χ3v) is 2.19. The molecule has 5 heteroatoms. The van der Waals surface area contributed by atoms with Crippen LogP contribution in [0.25, 0.3) is 0 Å². The molecular weight excluding hydrogens is 212 g/mol. The van der Waals surface area contributed by atoms with Crippen LogP contribution in [0.2, 0.25) is 0 Å². The maximum Gasteiger partial charge on any atom is 0.142 e. The molecule has 0 saturated heterocycles. The summed E-state index contributed by atoms with van der Waals surface area (Å²) in [6.45, 7) is 1.73. The van der Waals surface area contributed by atoms with Gasteiger partial charge in [0.05, 0.1) is 4.99 Å². The normalized spacial score (nSPS) is 8.90. The van der Waals surface area contributed by atoms with Crippen LogP contribution < -0.4 is 0 Å². The zero-order chi connectivity index (χ0) is 8.31. The fourth-order valence-electron chi connectivity index (χ4n) is 0.265. The molecule has 0 rings (SSSR count). The third kappa shape index (κ3) is 3.06. The first-order chi connectivity index (χ1) is 4.46. The molecule has 0 heterocycles. The van der Waals surface area contributed by atoms with Gasteiger partial charge in [0, 0.05) is 7.05 Å². The van der Waals surface area contributed by atoms with Crippen molar-refractivity contribution in [1.29, 1.82) is 0 Å². The largest absolute Gasteiger partial charge is 0.328 e. The third-order valence-electron chi connectivity index (χ3n) is 0.923. The first-order valence-corrected chi connectivity index (χ1v) is 3.96. The van der Waals surface area contributed by atoms with Gasteiger partial charge in [-0.2, -0.15) is 0 Å². The average Bonchev–Trinajstić information content (AvgIpc) is 1.84. The summed E-state index contributed by atoms with van der Waals surface area (Å²) in [6, 6.07) is 0. The summed E-state index contributed by atoms with van der Waals surface area (Å²) in [5.41, 5.74) is 0. The smallest absolute Gasteiger partial charge is 0.142 e. The summed E-state index contributed by atoms with van der Waals surface area (Å²) in [7, 11) is 1.69. The Morgan fingerprint density at radius 3 is 1.80 bits per heavy atom. The fourth-order valence-corrected chi connectivity index (χ4v) is 0.787. The first kappa shape index (κ1) is 10.5. The Morgan fingerprint density at radius 2 is 1.70 bits per heavy atom. The molecule has 0 aliphatic rings. The predicted molar refractivity (Wildman–Crippen MR) is 50.6 cm³/mol. The Hall–Kier alpha value is 0.500. The number of halogens is 3. The van der Waals surface area contributed by atoms with Crippen molar-refractivity contribution in [2.24, 2.45) is 0 Å². The highest BCUT2D eigenvalue weighted by atomic mass is 35.5. The van der Waals surface area contributed by atoms with Gasteiger partial charge >= 0.3 is 0 Å². The minimum atomic E-state index is 0.0216. The van der Waals surface area contributed by atoms with Crippen LogP contribution in [0.5, 0.6) is 0 Å². The highest BCUT2D eigenvalue weighted by molar-refractivity contribution is 7.80. The minimum Gasteiger partial charge on any atom is -0.328 e. The Balaban J connectivity index is 4.37. The second-order valence-electron chi connectivity index (χ2n) is 1.63. The van der Waals surface area contributed by atoms with Crippen LogP contribution in [-0.2, 0) is 0 Å². The molecule has 0 unspecified atom stereocenters. The van der Waals surface area contributed by atoms with E-state index in [9.17, 15) is 0 Å². The topological polar surface area (TPSA) is 3.24 Å². The molecule has 0 aromatic rings. The second-order valence-corrected chi connectivity index (χ2v) is 3.53. The molecule has 0 spiro atoms. The fraction of sp³-hybridized carbons (Fsp3) is 0.400. The van der Waals surface area contributed by atoms with Crippen molar-refractivity contribution in [3.63, 3.8) is 0 Å².